The van der Waals surface area contributed by atoms with Gasteiger partial charge in [0.2, 0.25) is 5.91 Å². The molecule has 1 aromatic carbocycles. The Morgan fingerprint density at radius 2 is 2.00 bits per heavy atom. The fourth-order valence-corrected chi connectivity index (χ4v) is 2.42. The largest absolute Gasteiger partial charge is 0.495 e. The van der Waals surface area contributed by atoms with Crippen LogP contribution in [0, 0.1) is 18.8 Å². The van der Waals surface area contributed by atoms with Gasteiger partial charge in [0.15, 0.2) is 0 Å². The lowest BCUT2D eigenvalue weighted by atomic mass is 9.73. The predicted octanol–water partition coefficient (Wildman–Crippen LogP) is 2.71. The fraction of sp³-hybridized carbons (Fsp3) is 0.429. The standard InChI is InChI=1S/C14H16ClNO4/c1-7-5-11(12(20-2)6-10(7)15)16-13(17)8-3-4-9(8)14(18)19/h5-6,8-9H,3-4H2,1-2H3,(H,16,17)(H,18,19). The van der Waals surface area contributed by atoms with Gasteiger partial charge in [-0.15, -0.1) is 0 Å². The van der Waals surface area contributed by atoms with Gasteiger partial charge in [-0.05, 0) is 31.4 Å². The molecule has 0 aliphatic heterocycles. The molecule has 20 heavy (non-hydrogen) atoms. The second kappa shape index (κ2) is 5.71. The van der Waals surface area contributed by atoms with Crippen LogP contribution < -0.4 is 10.1 Å². The number of rotatable bonds is 4. The van der Waals surface area contributed by atoms with Gasteiger partial charge in [-0.2, -0.15) is 0 Å². The highest BCUT2D eigenvalue weighted by molar-refractivity contribution is 6.31. The minimum atomic E-state index is -0.921. The van der Waals surface area contributed by atoms with Gasteiger partial charge in [0.1, 0.15) is 5.75 Å². The summed E-state index contributed by atoms with van der Waals surface area (Å²) in [5.41, 5.74) is 1.32. The van der Waals surface area contributed by atoms with Crippen molar-refractivity contribution in [3.8, 4) is 5.75 Å². The zero-order chi connectivity index (χ0) is 14.9. The Bertz CT molecular complexity index is 558. The second-order valence-corrected chi connectivity index (χ2v) is 5.33. The van der Waals surface area contributed by atoms with Crippen molar-refractivity contribution in [1.29, 1.82) is 0 Å². The van der Waals surface area contributed by atoms with Crippen molar-refractivity contribution < 1.29 is 19.4 Å². The number of hydrogen-bond acceptors (Lipinski definition) is 3. The van der Waals surface area contributed by atoms with Crippen molar-refractivity contribution in [2.45, 2.75) is 19.8 Å². The van der Waals surface area contributed by atoms with Gasteiger partial charge >= 0.3 is 5.97 Å². The number of anilines is 1. The second-order valence-electron chi connectivity index (χ2n) is 4.92. The summed E-state index contributed by atoms with van der Waals surface area (Å²) in [6.45, 7) is 1.82. The summed E-state index contributed by atoms with van der Waals surface area (Å²) in [6, 6.07) is 3.34. The number of nitrogens with one attached hydrogen (secondary N) is 1. The molecule has 1 aromatic rings. The number of benzene rings is 1. The van der Waals surface area contributed by atoms with Crippen LogP contribution in [0.1, 0.15) is 18.4 Å². The molecule has 2 rings (SSSR count). The lowest BCUT2D eigenvalue weighted by Gasteiger charge is -2.32. The van der Waals surface area contributed by atoms with Crippen molar-refractivity contribution in [3.63, 3.8) is 0 Å². The van der Waals surface area contributed by atoms with Crippen molar-refractivity contribution in [3.05, 3.63) is 22.7 Å². The third kappa shape index (κ3) is 2.72. The normalized spacial score (nSPS) is 20.9. The van der Waals surface area contributed by atoms with Crippen LogP contribution in [-0.4, -0.2) is 24.1 Å². The molecule has 0 spiro atoms. The maximum Gasteiger partial charge on any atom is 0.307 e. The molecule has 1 amide bonds. The summed E-state index contributed by atoms with van der Waals surface area (Å²) in [6.07, 6.45) is 1.14. The van der Waals surface area contributed by atoms with E-state index < -0.39 is 17.8 Å². The first-order chi connectivity index (χ1) is 9.43. The topological polar surface area (TPSA) is 75.6 Å². The Morgan fingerprint density at radius 3 is 2.50 bits per heavy atom. The van der Waals surface area contributed by atoms with E-state index in [1.54, 1.807) is 12.1 Å². The number of carboxylic acid groups (broad SMARTS) is 1. The number of carbonyl (C=O) groups is 2. The molecule has 0 radical (unpaired) electrons. The summed E-state index contributed by atoms with van der Waals surface area (Å²) in [7, 11) is 1.49. The van der Waals surface area contributed by atoms with E-state index in [4.69, 9.17) is 21.4 Å². The first-order valence-electron chi connectivity index (χ1n) is 6.32. The van der Waals surface area contributed by atoms with Crippen LogP contribution in [0.5, 0.6) is 5.75 Å². The van der Waals surface area contributed by atoms with Crippen LogP contribution in [0.25, 0.3) is 0 Å². The first-order valence-corrected chi connectivity index (χ1v) is 6.69. The number of halogens is 1. The van der Waals surface area contributed by atoms with Gasteiger partial charge in [-0.3, -0.25) is 9.59 Å². The highest BCUT2D eigenvalue weighted by atomic mass is 35.5. The van der Waals surface area contributed by atoms with E-state index in [9.17, 15) is 9.59 Å². The van der Waals surface area contributed by atoms with Gasteiger partial charge < -0.3 is 15.2 Å². The Morgan fingerprint density at radius 1 is 1.35 bits per heavy atom. The molecule has 0 heterocycles. The molecule has 108 valence electrons. The summed E-state index contributed by atoms with van der Waals surface area (Å²) in [5, 5.41) is 12.3. The third-order valence-corrected chi connectivity index (χ3v) is 4.07. The van der Waals surface area contributed by atoms with E-state index in [1.165, 1.54) is 7.11 Å². The molecule has 2 N–H and O–H groups in total. The lowest BCUT2D eigenvalue weighted by Crippen LogP contribution is -2.41. The number of hydrogen-bond donors (Lipinski definition) is 2. The van der Waals surface area contributed by atoms with Crippen LogP contribution in [0.4, 0.5) is 5.69 Å². The Hall–Kier alpha value is -1.75. The minimum absolute atomic E-state index is 0.288. The minimum Gasteiger partial charge on any atom is -0.495 e. The molecule has 1 fully saturated rings. The summed E-state index contributed by atoms with van der Waals surface area (Å²) < 4.78 is 5.17. The highest BCUT2D eigenvalue weighted by Crippen LogP contribution is 2.37. The summed E-state index contributed by atoms with van der Waals surface area (Å²) in [5.74, 6) is -1.82. The zero-order valence-electron chi connectivity index (χ0n) is 11.3. The monoisotopic (exact) mass is 297 g/mol. The molecule has 1 aliphatic rings. The number of methoxy groups -OCH3 is 1. The SMILES string of the molecule is COc1cc(Cl)c(C)cc1NC(=O)C1CCC1C(=O)O. The molecule has 0 saturated heterocycles. The van der Waals surface area contributed by atoms with Gasteiger partial charge in [0.25, 0.3) is 0 Å². The number of ether oxygens (including phenoxy) is 1. The summed E-state index contributed by atoms with van der Waals surface area (Å²) in [4.78, 5) is 23.1. The van der Waals surface area contributed by atoms with Crippen LogP contribution >= 0.6 is 11.6 Å². The van der Waals surface area contributed by atoms with Crippen molar-refractivity contribution >= 4 is 29.2 Å². The van der Waals surface area contributed by atoms with Crippen LogP contribution in [0.15, 0.2) is 12.1 Å². The van der Waals surface area contributed by atoms with Crippen LogP contribution in [0.2, 0.25) is 5.02 Å². The third-order valence-electron chi connectivity index (χ3n) is 3.67. The molecule has 6 heteroatoms. The number of aryl methyl sites for hydroxylation is 1. The van der Waals surface area contributed by atoms with Crippen LogP contribution in [-0.2, 0) is 9.59 Å². The predicted molar refractivity (Wildman–Crippen MR) is 75.2 cm³/mol. The molecular weight excluding hydrogens is 282 g/mol. The van der Waals surface area contributed by atoms with E-state index >= 15 is 0 Å². The Kier molecular flexibility index (Phi) is 4.18. The number of carboxylic acids is 1. The number of aliphatic carboxylic acids is 1. The van der Waals surface area contributed by atoms with E-state index in [0.717, 1.165) is 5.56 Å². The smallest absolute Gasteiger partial charge is 0.307 e. The van der Waals surface area contributed by atoms with Gasteiger partial charge in [0.05, 0.1) is 24.6 Å². The molecular formula is C14H16ClNO4. The zero-order valence-corrected chi connectivity index (χ0v) is 12.0. The molecule has 1 saturated carbocycles. The first kappa shape index (κ1) is 14.7. The average Bonchev–Trinajstić information content (AvgIpc) is 2.31. The lowest BCUT2D eigenvalue weighted by molar-refractivity contribution is -0.151. The van der Waals surface area contributed by atoms with Gasteiger partial charge in [-0.1, -0.05) is 11.6 Å². The quantitative estimate of drug-likeness (QED) is 0.896. The van der Waals surface area contributed by atoms with Crippen molar-refractivity contribution in [1.82, 2.24) is 0 Å². The van der Waals surface area contributed by atoms with Gasteiger partial charge in [0, 0.05) is 11.1 Å². The fourth-order valence-electron chi connectivity index (χ4n) is 2.26. The van der Waals surface area contributed by atoms with E-state index in [-0.39, 0.29) is 5.91 Å². The molecule has 0 aromatic heterocycles. The van der Waals surface area contributed by atoms with E-state index in [2.05, 4.69) is 5.32 Å². The highest BCUT2D eigenvalue weighted by Gasteiger charge is 2.41. The average molecular weight is 298 g/mol. The summed E-state index contributed by atoms with van der Waals surface area (Å²) >= 11 is 6.00. The molecule has 5 nitrogen and oxygen atoms in total. The maximum atomic E-state index is 12.1. The maximum absolute atomic E-state index is 12.1. The van der Waals surface area contributed by atoms with Crippen molar-refractivity contribution in [2.75, 3.05) is 12.4 Å². The van der Waals surface area contributed by atoms with Crippen molar-refractivity contribution in [2.24, 2.45) is 11.8 Å². The Balaban J connectivity index is 2.16. The van der Waals surface area contributed by atoms with E-state index in [0.29, 0.717) is 29.3 Å². The van der Waals surface area contributed by atoms with Gasteiger partial charge in [-0.25, -0.2) is 0 Å². The number of amides is 1. The molecule has 0 bridgehead atoms. The molecule has 1 aliphatic carbocycles. The molecule has 2 unspecified atom stereocenters. The van der Waals surface area contributed by atoms with E-state index in [1.807, 2.05) is 6.92 Å². The molecule has 2 atom stereocenters. The Labute approximate surface area is 121 Å². The number of carbonyl (C=O) groups excluding carboxylic acids is 1. The van der Waals surface area contributed by atoms with Crippen LogP contribution in [0.3, 0.4) is 0 Å².